The summed E-state index contributed by atoms with van der Waals surface area (Å²) in [6, 6.07) is 10.6. The predicted molar refractivity (Wildman–Crippen MR) is 92.9 cm³/mol. The Kier molecular flexibility index (Phi) is 5.40. The van der Waals surface area contributed by atoms with Gasteiger partial charge < -0.3 is 15.0 Å². The highest BCUT2D eigenvalue weighted by Gasteiger charge is 2.31. The van der Waals surface area contributed by atoms with Crippen molar-refractivity contribution >= 4 is 11.8 Å². The average Bonchev–Trinajstić information content (AvgIpc) is 2.65. The van der Waals surface area contributed by atoms with Crippen molar-refractivity contribution in [2.24, 2.45) is 0 Å². The highest BCUT2D eigenvalue weighted by molar-refractivity contribution is 6.00. The van der Waals surface area contributed by atoms with Gasteiger partial charge in [0.25, 0.3) is 5.91 Å². The molecule has 0 aliphatic carbocycles. The molecular weight excluding hydrogens is 318 g/mol. The van der Waals surface area contributed by atoms with Crippen LogP contribution in [0.3, 0.4) is 0 Å². The summed E-state index contributed by atoms with van der Waals surface area (Å²) in [6.07, 6.45) is 3.93. The van der Waals surface area contributed by atoms with Gasteiger partial charge in [-0.1, -0.05) is 24.3 Å². The van der Waals surface area contributed by atoms with E-state index >= 15 is 0 Å². The maximum absolute atomic E-state index is 13.0. The molecule has 1 atom stereocenters. The van der Waals surface area contributed by atoms with Crippen molar-refractivity contribution in [1.29, 1.82) is 0 Å². The fourth-order valence-electron chi connectivity index (χ4n) is 2.98. The van der Waals surface area contributed by atoms with Gasteiger partial charge in [0.1, 0.15) is 6.04 Å². The molecule has 6 heteroatoms. The normalized spacial score (nSPS) is 16.0. The number of carbonyl (C=O) groups is 2. The van der Waals surface area contributed by atoms with Crippen LogP contribution >= 0.6 is 0 Å². The van der Waals surface area contributed by atoms with Gasteiger partial charge >= 0.3 is 0 Å². The fraction of sp³-hybridized carbons (Fsp3) is 0.316. The molecule has 0 saturated heterocycles. The number of ether oxygens (including phenoxy) is 1. The van der Waals surface area contributed by atoms with Crippen LogP contribution in [0, 0.1) is 0 Å². The Morgan fingerprint density at radius 1 is 1.32 bits per heavy atom. The maximum Gasteiger partial charge on any atom is 0.252 e. The molecule has 6 nitrogen and oxygen atoms in total. The van der Waals surface area contributed by atoms with Gasteiger partial charge in [0.05, 0.1) is 6.61 Å². The summed E-state index contributed by atoms with van der Waals surface area (Å²) in [5, 5.41) is 2.83. The van der Waals surface area contributed by atoms with Crippen LogP contribution in [0.4, 0.5) is 0 Å². The second kappa shape index (κ2) is 7.90. The van der Waals surface area contributed by atoms with Crippen LogP contribution in [0.15, 0.2) is 48.8 Å². The minimum Gasteiger partial charge on any atom is -0.383 e. The fourth-order valence-corrected chi connectivity index (χ4v) is 2.98. The molecule has 1 unspecified atom stereocenters. The highest BCUT2D eigenvalue weighted by Crippen LogP contribution is 2.18. The first-order valence-electron chi connectivity index (χ1n) is 8.24. The van der Waals surface area contributed by atoms with E-state index in [2.05, 4.69) is 10.3 Å². The summed E-state index contributed by atoms with van der Waals surface area (Å²) in [5.74, 6) is -0.308. The number of methoxy groups -OCH3 is 1. The Balaban J connectivity index is 1.77. The lowest BCUT2D eigenvalue weighted by Crippen LogP contribution is -2.52. The van der Waals surface area contributed by atoms with Gasteiger partial charge in [0.2, 0.25) is 5.91 Å². The summed E-state index contributed by atoms with van der Waals surface area (Å²) in [6.45, 7) is 1.32. The largest absolute Gasteiger partial charge is 0.383 e. The first kappa shape index (κ1) is 17.1. The van der Waals surface area contributed by atoms with Crippen LogP contribution in [-0.2, 0) is 22.5 Å². The van der Waals surface area contributed by atoms with E-state index in [4.69, 9.17) is 4.74 Å². The van der Waals surface area contributed by atoms with Crippen LogP contribution < -0.4 is 5.32 Å². The second-order valence-corrected chi connectivity index (χ2v) is 6.00. The Bertz CT molecular complexity index is 749. The van der Waals surface area contributed by atoms with Gasteiger partial charge in [-0.05, 0) is 23.3 Å². The molecule has 0 spiro atoms. The third-order valence-electron chi connectivity index (χ3n) is 4.26. The first-order chi connectivity index (χ1) is 12.2. The molecule has 130 valence electrons. The number of rotatable bonds is 6. The minimum absolute atomic E-state index is 0.108. The number of fused-ring (bicyclic) bond motifs is 1. The summed E-state index contributed by atoms with van der Waals surface area (Å²) in [5.41, 5.74) is 2.48. The zero-order chi connectivity index (χ0) is 17.6. The summed E-state index contributed by atoms with van der Waals surface area (Å²) >= 11 is 0. The maximum atomic E-state index is 13.0. The predicted octanol–water partition coefficient (Wildman–Crippen LogP) is 1.41. The molecule has 2 amide bonds. The SMILES string of the molecule is COCCN(Cc1cccnc1)C(=O)C1Cc2ccccc2C(=O)N1. The van der Waals surface area contributed by atoms with Gasteiger partial charge in [0.15, 0.2) is 0 Å². The van der Waals surface area contributed by atoms with E-state index < -0.39 is 6.04 Å². The lowest BCUT2D eigenvalue weighted by atomic mass is 9.94. The van der Waals surface area contributed by atoms with Crippen LogP contribution in [-0.4, -0.2) is 48.0 Å². The average molecular weight is 339 g/mol. The molecule has 1 aliphatic rings. The Morgan fingerprint density at radius 3 is 2.92 bits per heavy atom. The lowest BCUT2D eigenvalue weighted by molar-refractivity contribution is -0.134. The van der Waals surface area contributed by atoms with E-state index in [1.54, 1.807) is 30.5 Å². The first-order valence-corrected chi connectivity index (χ1v) is 8.24. The van der Waals surface area contributed by atoms with Crippen molar-refractivity contribution < 1.29 is 14.3 Å². The lowest BCUT2D eigenvalue weighted by Gasteiger charge is -2.30. The number of nitrogens with zero attached hydrogens (tertiary/aromatic N) is 2. The van der Waals surface area contributed by atoms with E-state index in [1.807, 2.05) is 30.3 Å². The standard InChI is InChI=1S/C19H21N3O3/c1-25-10-9-22(13-14-5-4-8-20-12-14)19(24)17-11-15-6-2-3-7-16(15)18(23)21-17/h2-8,12,17H,9-11,13H2,1H3,(H,21,23). The van der Waals surface area contributed by atoms with Crippen LogP contribution in [0.1, 0.15) is 21.5 Å². The zero-order valence-corrected chi connectivity index (χ0v) is 14.1. The van der Waals surface area contributed by atoms with Crippen LogP contribution in [0.2, 0.25) is 0 Å². The number of benzene rings is 1. The summed E-state index contributed by atoms with van der Waals surface area (Å²) in [7, 11) is 1.60. The molecule has 1 aromatic carbocycles. The van der Waals surface area contributed by atoms with Gasteiger partial charge in [-0.3, -0.25) is 14.6 Å². The molecular formula is C19H21N3O3. The quantitative estimate of drug-likeness (QED) is 0.864. The monoisotopic (exact) mass is 339 g/mol. The van der Waals surface area contributed by atoms with Crippen molar-refractivity contribution in [3.05, 3.63) is 65.5 Å². The third-order valence-corrected chi connectivity index (χ3v) is 4.26. The number of carbonyl (C=O) groups excluding carboxylic acids is 2. The van der Waals surface area contributed by atoms with Crippen molar-refractivity contribution in [1.82, 2.24) is 15.2 Å². The molecule has 0 bridgehead atoms. The van der Waals surface area contributed by atoms with Crippen molar-refractivity contribution in [2.75, 3.05) is 20.3 Å². The molecule has 1 N–H and O–H groups in total. The Labute approximate surface area is 146 Å². The third kappa shape index (κ3) is 4.03. The van der Waals surface area contributed by atoms with Gasteiger partial charge in [-0.15, -0.1) is 0 Å². The van der Waals surface area contributed by atoms with Gasteiger partial charge in [0, 0.05) is 44.6 Å². The van der Waals surface area contributed by atoms with Gasteiger partial charge in [-0.25, -0.2) is 0 Å². The minimum atomic E-state index is -0.559. The summed E-state index contributed by atoms with van der Waals surface area (Å²) < 4.78 is 5.13. The number of amides is 2. The molecule has 1 aromatic heterocycles. The molecule has 0 saturated carbocycles. The highest BCUT2D eigenvalue weighted by atomic mass is 16.5. The smallest absolute Gasteiger partial charge is 0.252 e. The molecule has 3 rings (SSSR count). The zero-order valence-electron chi connectivity index (χ0n) is 14.1. The number of nitrogens with one attached hydrogen (secondary N) is 1. The number of pyridine rings is 1. The van der Waals surface area contributed by atoms with E-state index in [-0.39, 0.29) is 11.8 Å². The molecule has 2 aromatic rings. The van der Waals surface area contributed by atoms with Crippen LogP contribution in [0.5, 0.6) is 0 Å². The number of hydrogen-bond donors (Lipinski definition) is 1. The molecule has 2 heterocycles. The van der Waals surface area contributed by atoms with Crippen molar-refractivity contribution in [3.8, 4) is 0 Å². The van der Waals surface area contributed by atoms with Gasteiger partial charge in [-0.2, -0.15) is 0 Å². The van der Waals surface area contributed by atoms with Crippen molar-refractivity contribution in [3.63, 3.8) is 0 Å². The van der Waals surface area contributed by atoms with Crippen molar-refractivity contribution in [2.45, 2.75) is 19.0 Å². The van der Waals surface area contributed by atoms with E-state index in [9.17, 15) is 9.59 Å². The van der Waals surface area contributed by atoms with E-state index in [1.165, 1.54) is 0 Å². The van der Waals surface area contributed by atoms with E-state index in [0.29, 0.717) is 31.7 Å². The number of hydrogen-bond acceptors (Lipinski definition) is 4. The molecule has 1 aliphatic heterocycles. The Morgan fingerprint density at radius 2 is 2.16 bits per heavy atom. The van der Waals surface area contributed by atoms with E-state index in [0.717, 1.165) is 11.1 Å². The summed E-state index contributed by atoms with van der Waals surface area (Å²) in [4.78, 5) is 31.1. The second-order valence-electron chi connectivity index (χ2n) is 6.00. The molecule has 0 radical (unpaired) electrons. The Hall–Kier alpha value is -2.73. The molecule has 25 heavy (non-hydrogen) atoms. The van der Waals surface area contributed by atoms with Crippen LogP contribution in [0.25, 0.3) is 0 Å². The number of aromatic nitrogens is 1. The topological polar surface area (TPSA) is 71.5 Å². The molecule has 0 fully saturated rings.